The summed E-state index contributed by atoms with van der Waals surface area (Å²) < 4.78 is 1.15. The minimum absolute atomic E-state index is 0.889. The van der Waals surface area contributed by atoms with Crippen LogP contribution in [0, 0.1) is 0 Å². The molecule has 1 aliphatic rings. The van der Waals surface area contributed by atoms with Gasteiger partial charge in [-0.05, 0) is 42.7 Å². The highest BCUT2D eigenvalue weighted by atomic mass is 32.1. The molecule has 0 atom stereocenters. The smallest absolute Gasteiger partial charge is 0.128 e. The number of thiazole rings is 1. The zero-order chi connectivity index (χ0) is 17.9. The summed E-state index contributed by atoms with van der Waals surface area (Å²) in [5, 5.41) is 0.986. The summed E-state index contributed by atoms with van der Waals surface area (Å²) >= 11 is 1.68. The Kier molecular flexibility index (Phi) is 4.67. The number of allylic oxidation sites excluding steroid dienone is 1. The number of anilines is 1. The monoisotopic (exact) mass is 363 g/mol. The first-order valence-corrected chi connectivity index (χ1v) is 9.56. The van der Waals surface area contributed by atoms with Crippen molar-refractivity contribution in [1.82, 2.24) is 9.97 Å². The largest absolute Gasteiger partial charge is 0.404 e. The third-order valence-electron chi connectivity index (χ3n) is 4.59. The van der Waals surface area contributed by atoms with Gasteiger partial charge in [0, 0.05) is 49.9 Å². The molecule has 0 spiro atoms. The highest BCUT2D eigenvalue weighted by Gasteiger charge is 2.14. The maximum absolute atomic E-state index is 5.71. The van der Waals surface area contributed by atoms with Crippen LogP contribution in [-0.4, -0.2) is 36.3 Å². The van der Waals surface area contributed by atoms with E-state index in [1.54, 1.807) is 30.8 Å². The van der Waals surface area contributed by atoms with Gasteiger partial charge < -0.3 is 10.6 Å². The summed E-state index contributed by atoms with van der Waals surface area (Å²) in [6.45, 7) is 2.21. The lowest BCUT2D eigenvalue weighted by Crippen LogP contribution is -2.18. The van der Waals surface area contributed by atoms with Gasteiger partial charge in [-0.3, -0.25) is 4.99 Å². The number of hydrogen-bond acceptors (Lipinski definition) is 6. The Morgan fingerprint density at radius 1 is 1.23 bits per heavy atom. The van der Waals surface area contributed by atoms with E-state index in [1.165, 1.54) is 12.8 Å². The Bertz CT molecular complexity index is 966. The molecule has 2 aromatic heterocycles. The van der Waals surface area contributed by atoms with Crippen molar-refractivity contribution in [3.8, 4) is 10.6 Å². The van der Waals surface area contributed by atoms with Gasteiger partial charge in [0.15, 0.2) is 0 Å². The van der Waals surface area contributed by atoms with Gasteiger partial charge in [-0.1, -0.05) is 6.07 Å². The van der Waals surface area contributed by atoms with E-state index in [1.807, 2.05) is 6.20 Å². The van der Waals surface area contributed by atoms with E-state index in [2.05, 4.69) is 45.2 Å². The van der Waals surface area contributed by atoms with Crippen molar-refractivity contribution < 1.29 is 0 Å². The molecule has 5 nitrogen and oxygen atoms in total. The number of rotatable bonds is 4. The van der Waals surface area contributed by atoms with Crippen molar-refractivity contribution >= 4 is 39.2 Å². The van der Waals surface area contributed by atoms with Gasteiger partial charge >= 0.3 is 0 Å². The van der Waals surface area contributed by atoms with Gasteiger partial charge in [0.05, 0.1) is 10.2 Å². The number of nitrogens with two attached hydrogens (primary N) is 1. The molecule has 0 radical (unpaired) electrons. The van der Waals surface area contributed by atoms with Crippen molar-refractivity contribution in [3.05, 3.63) is 48.3 Å². The number of hydrogen-bond donors (Lipinski definition) is 1. The Labute approximate surface area is 156 Å². The average Bonchev–Trinajstić information content (AvgIpc) is 3.35. The highest BCUT2D eigenvalue weighted by Crippen LogP contribution is 2.32. The molecule has 3 heterocycles. The molecule has 2 N–H and O–H groups in total. The lowest BCUT2D eigenvalue weighted by molar-refractivity contribution is 0.938. The lowest BCUT2D eigenvalue weighted by atomic mass is 10.1. The summed E-state index contributed by atoms with van der Waals surface area (Å²) in [6.07, 6.45) is 7.77. The quantitative estimate of drug-likeness (QED) is 0.713. The van der Waals surface area contributed by atoms with E-state index in [0.717, 1.165) is 50.8 Å². The summed E-state index contributed by atoms with van der Waals surface area (Å²) in [6, 6.07) is 10.4. The fraction of sp³-hybridized carbons (Fsp3) is 0.250. The fourth-order valence-corrected chi connectivity index (χ4v) is 4.17. The highest BCUT2D eigenvalue weighted by molar-refractivity contribution is 7.21. The summed E-state index contributed by atoms with van der Waals surface area (Å²) in [7, 11) is 1.74. The zero-order valence-electron chi connectivity index (χ0n) is 14.7. The Balaban J connectivity index is 1.64. The lowest BCUT2D eigenvalue weighted by Gasteiger charge is -2.15. The molecule has 1 fully saturated rings. The van der Waals surface area contributed by atoms with Crippen LogP contribution in [0.2, 0.25) is 0 Å². The van der Waals surface area contributed by atoms with Crippen LogP contribution in [0.15, 0.2) is 47.7 Å². The Hall–Kier alpha value is -2.73. The molecule has 0 aliphatic carbocycles. The van der Waals surface area contributed by atoms with Crippen LogP contribution in [-0.2, 0) is 0 Å². The number of aliphatic imine (C=N–C) groups is 1. The number of nitrogens with zero attached hydrogens (tertiary/aromatic N) is 4. The minimum atomic E-state index is 0.889. The van der Waals surface area contributed by atoms with E-state index in [9.17, 15) is 0 Å². The van der Waals surface area contributed by atoms with Crippen LogP contribution in [0.4, 0.5) is 5.82 Å². The maximum Gasteiger partial charge on any atom is 0.128 e. The van der Waals surface area contributed by atoms with Gasteiger partial charge in [-0.15, -0.1) is 11.3 Å². The summed E-state index contributed by atoms with van der Waals surface area (Å²) in [5.74, 6) is 1.06. The first-order chi connectivity index (χ1) is 12.8. The summed E-state index contributed by atoms with van der Waals surface area (Å²) in [5.41, 5.74) is 9.65. The SMILES string of the molecule is CN=CC(=CN)c1ccc2sc(-c3ccc(N4CCCC4)nc3)nc2c1. The Morgan fingerprint density at radius 3 is 2.77 bits per heavy atom. The molecule has 4 rings (SSSR count). The van der Waals surface area contributed by atoms with E-state index in [4.69, 9.17) is 10.7 Å². The van der Waals surface area contributed by atoms with Crippen LogP contribution >= 0.6 is 11.3 Å². The maximum atomic E-state index is 5.71. The van der Waals surface area contributed by atoms with Crippen LogP contribution in [0.1, 0.15) is 18.4 Å². The molecule has 26 heavy (non-hydrogen) atoms. The van der Waals surface area contributed by atoms with Crippen LogP contribution in [0.3, 0.4) is 0 Å². The normalized spacial score (nSPS) is 15.4. The van der Waals surface area contributed by atoms with E-state index >= 15 is 0 Å². The topological polar surface area (TPSA) is 67.4 Å². The predicted octanol–water partition coefficient (Wildman–Crippen LogP) is 3.96. The first kappa shape index (κ1) is 16.7. The summed E-state index contributed by atoms with van der Waals surface area (Å²) in [4.78, 5) is 15.8. The molecule has 6 heteroatoms. The van der Waals surface area contributed by atoms with E-state index < -0.39 is 0 Å². The van der Waals surface area contributed by atoms with E-state index in [0.29, 0.717) is 0 Å². The molecule has 0 amide bonds. The Morgan fingerprint density at radius 2 is 2.08 bits per heavy atom. The van der Waals surface area contributed by atoms with Gasteiger partial charge in [0.2, 0.25) is 0 Å². The van der Waals surface area contributed by atoms with E-state index in [-0.39, 0.29) is 0 Å². The number of fused-ring (bicyclic) bond motifs is 1. The molecule has 0 saturated carbocycles. The fourth-order valence-electron chi connectivity index (χ4n) is 3.23. The van der Waals surface area contributed by atoms with Crippen molar-refractivity contribution in [2.45, 2.75) is 12.8 Å². The second-order valence-corrected chi connectivity index (χ2v) is 7.34. The molecule has 1 saturated heterocycles. The third-order valence-corrected chi connectivity index (χ3v) is 5.68. The zero-order valence-corrected chi connectivity index (χ0v) is 15.5. The van der Waals surface area contributed by atoms with Gasteiger partial charge in [-0.25, -0.2) is 9.97 Å². The van der Waals surface area contributed by atoms with Crippen LogP contribution < -0.4 is 10.6 Å². The minimum Gasteiger partial charge on any atom is -0.404 e. The third kappa shape index (κ3) is 3.20. The second kappa shape index (κ2) is 7.25. The average molecular weight is 363 g/mol. The number of pyridine rings is 1. The van der Waals surface area contributed by atoms with Crippen molar-refractivity contribution in [2.75, 3.05) is 25.0 Å². The molecular formula is C20H21N5S. The van der Waals surface area contributed by atoms with Crippen molar-refractivity contribution in [2.24, 2.45) is 10.7 Å². The molecule has 132 valence electrons. The molecular weight excluding hydrogens is 342 g/mol. The van der Waals surface area contributed by atoms with Gasteiger partial charge in [0.1, 0.15) is 10.8 Å². The standard InChI is InChI=1S/C20H21N5S/c1-22-12-16(11-21)14-4-6-18-17(10-14)24-20(26-18)15-5-7-19(23-13-15)25-8-2-3-9-25/h4-7,10-13H,2-3,8-9,21H2,1H3. The van der Waals surface area contributed by atoms with Crippen LogP contribution in [0.5, 0.6) is 0 Å². The van der Waals surface area contributed by atoms with Crippen molar-refractivity contribution in [1.29, 1.82) is 0 Å². The molecule has 1 aliphatic heterocycles. The number of aromatic nitrogens is 2. The number of benzene rings is 1. The molecule has 0 unspecified atom stereocenters. The molecule has 0 bridgehead atoms. The van der Waals surface area contributed by atoms with Crippen molar-refractivity contribution in [3.63, 3.8) is 0 Å². The van der Waals surface area contributed by atoms with Gasteiger partial charge in [0.25, 0.3) is 0 Å². The first-order valence-electron chi connectivity index (χ1n) is 8.75. The second-order valence-electron chi connectivity index (χ2n) is 6.31. The molecule has 1 aromatic carbocycles. The predicted molar refractivity (Wildman–Crippen MR) is 111 cm³/mol. The van der Waals surface area contributed by atoms with Gasteiger partial charge in [-0.2, -0.15) is 0 Å². The van der Waals surface area contributed by atoms with Crippen LogP contribution in [0.25, 0.3) is 26.4 Å². The molecule has 3 aromatic rings.